The van der Waals surface area contributed by atoms with Gasteiger partial charge in [0.2, 0.25) is 5.91 Å². The van der Waals surface area contributed by atoms with Crippen molar-refractivity contribution in [1.29, 1.82) is 0 Å². The molecule has 0 aromatic carbocycles. The van der Waals surface area contributed by atoms with Gasteiger partial charge in [-0.15, -0.1) is 0 Å². The summed E-state index contributed by atoms with van der Waals surface area (Å²) in [7, 11) is 0. The Labute approximate surface area is 117 Å². The second kappa shape index (κ2) is 7.54. The van der Waals surface area contributed by atoms with Gasteiger partial charge in [0, 0.05) is 19.3 Å². The van der Waals surface area contributed by atoms with Crippen molar-refractivity contribution in [3.05, 3.63) is 23.8 Å². The molecule has 7 heteroatoms. The van der Waals surface area contributed by atoms with Crippen LogP contribution in [-0.2, 0) is 11.3 Å². The number of nitrogens with zero attached hydrogens (tertiary/aromatic N) is 2. The Kier molecular flexibility index (Phi) is 6.05. The lowest BCUT2D eigenvalue weighted by Crippen LogP contribution is -2.43. The minimum absolute atomic E-state index is 0.0368. The maximum atomic E-state index is 11.8. The summed E-state index contributed by atoms with van der Waals surface area (Å²) < 4.78 is 0. The van der Waals surface area contributed by atoms with E-state index in [4.69, 9.17) is 5.11 Å². The number of carbonyl (C=O) groups is 2. The van der Waals surface area contributed by atoms with Crippen molar-refractivity contribution >= 4 is 11.9 Å². The molecule has 0 fully saturated rings. The van der Waals surface area contributed by atoms with Crippen molar-refractivity contribution in [3.63, 3.8) is 0 Å². The van der Waals surface area contributed by atoms with Crippen LogP contribution in [0, 0.1) is 5.92 Å². The number of carboxylic acid groups (broad SMARTS) is 1. The molecule has 0 aliphatic rings. The molecule has 110 valence electrons. The Bertz CT molecular complexity index is 476. The first-order valence-corrected chi connectivity index (χ1v) is 6.45. The van der Waals surface area contributed by atoms with Crippen molar-refractivity contribution < 1.29 is 14.7 Å². The molecule has 0 radical (unpaired) electrons. The third-order valence-corrected chi connectivity index (χ3v) is 2.68. The number of aromatic nitrogens is 2. The Balaban J connectivity index is 2.54. The summed E-state index contributed by atoms with van der Waals surface area (Å²) in [5, 5.41) is 14.8. The van der Waals surface area contributed by atoms with Gasteiger partial charge in [-0.3, -0.25) is 4.79 Å². The van der Waals surface area contributed by atoms with Crippen LogP contribution in [0.5, 0.6) is 0 Å². The highest BCUT2D eigenvalue weighted by atomic mass is 16.4. The van der Waals surface area contributed by atoms with Crippen LogP contribution >= 0.6 is 0 Å². The largest absolute Gasteiger partial charge is 0.478 e. The van der Waals surface area contributed by atoms with Crippen molar-refractivity contribution in [2.24, 2.45) is 5.92 Å². The quantitative estimate of drug-likeness (QED) is 0.669. The highest BCUT2D eigenvalue weighted by Crippen LogP contribution is 2.03. The van der Waals surface area contributed by atoms with Crippen LogP contribution in [0.3, 0.4) is 0 Å². The summed E-state index contributed by atoms with van der Waals surface area (Å²) in [5.74, 6) is -0.824. The average Bonchev–Trinajstić information content (AvgIpc) is 2.42. The number of hydrogen-bond donors (Lipinski definition) is 3. The highest BCUT2D eigenvalue weighted by Gasteiger charge is 2.15. The molecule has 1 atom stereocenters. The van der Waals surface area contributed by atoms with Crippen molar-refractivity contribution in [3.8, 4) is 0 Å². The number of nitrogens with one attached hydrogen (secondary N) is 2. The Morgan fingerprint density at radius 1 is 1.35 bits per heavy atom. The van der Waals surface area contributed by atoms with Gasteiger partial charge >= 0.3 is 5.97 Å². The molecule has 0 aliphatic heterocycles. The van der Waals surface area contributed by atoms with Gasteiger partial charge in [-0.2, -0.15) is 0 Å². The molecule has 0 saturated carbocycles. The summed E-state index contributed by atoms with van der Waals surface area (Å²) in [5.41, 5.74) is 0.394. The summed E-state index contributed by atoms with van der Waals surface area (Å²) in [6.07, 6.45) is 2.53. The van der Waals surface area contributed by atoms with E-state index in [1.165, 1.54) is 12.5 Å². The standard InChI is InChI=1S/C13H20N4O3/c1-8(2)4-16-12(18)9(3)15-6-11-10(13(19)20)5-14-7-17-11/h5,7-9,15H,4,6H2,1-3H3,(H,16,18)(H,19,20). The lowest BCUT2D eigenvalue weighted by molar-refractivity contribution is -0.122. The fourth-order valence-electron chi connectivity index (χ4n) is 1.47. The molecule has 0 bridgehead atoms. The summed E-state index contributed by atoms with van der Waals surface area (Å²) in [4.78, 5) is 30.4. The molecule has 3 N–H and O–H groups in total. The SMILES string of the molecule is CC(C)CNC(=O)C(C)NCc1ncncc1C(=O)O. The minimum atomic E-state index is -1.08. The predicted octanol–water partition coefficient (Wildman–Crippen LogP) is 0.425. The van der Waals surface area contributed by atoms with Crippen molar-refractivity contribution in [1.82, 2.24) is 20.6 Å². The van der Waals surface area contributed by atoms with E-state index in [2.05, 4.69) is 20.6 Å². The van der Waals surface area contributed by atoms with Crippen LogP contribution in [0.1, 0.15) is 36.8 Å². The molecule has 0 spiro atoms. The first-order valence-electron chi connectivity index (χ1n) is 6.45. The number of hydrogen-bond acceptors (Lipinski definition) is 5. The molecule has 1 rings (SSSR count). The topological polar surface area (TPSA) is 104 Å². The zero-order chi connectivity index (χ0) is 15.1. The molecule has 20 heavy (non-hydrogen) atoms. The van der Waals surface area contributed by atoms with Crippen LogP contribution in [-0.4, -0.2) is 39.5 Å². The molecule has 1 heterocycles. The third-order valence-electron chi connectivity index (χ3n) is 2.68. The molecule has 1 amide bonds. The molecule has 1 unspecified atom stereocenters. The third kappa shape index (κ3) is 4.93. The second-order valence-corrected chi connectivity index (χ2v) is 4.93. The fraction of sp³-hybridized carbons (Fsp3) is 0.538. The number of rotatable bonds is 7. The normalized spacial score (nSPS) is 12.2. The first kappa shape index (κ1) is 16.0. The minimum Gasteiger partial charge on any atom is -0.478 e. The maximum absolute atomic E-state index is 11.8. The summed E-state index contributed by atoms with van der Waals surface area (Å²) in [6.45, 7) is 6.55. The number of carbonyl (C=O) groups excluding carboxylic acids is 1. The van der Waals surface area contributed by atoms with Gasteiger partial charge in [0.1, 0.15) is 11.9 Å². The second-order valence-electron chi connectivity index (χ2n) is 4.93. The number of carboxylic acids is 1. The fourth-order valence-corrected chi connectivity index (χ4v) is 1.47. The van der Waals surface area contributed by atoms with E-state index in [9.17, 15) is 9.59 Å². The van der Waals surface area contributed by atoms with Gasteiger partial charge in [0.25, 0.3) is 0 Å². The van der Waals surface area contributed by atoms with Crippen LogP contribution < -0.4 is 10.6 Å². The van der Waals surface area contributed by atoms with Crippen molar-refractivity contribution in [2.75, 3.05) is 6.54 Å². The van der Waals surface area contributed by atoms with Gasteiger partial charge < -0.3 is 15.7 Å². The molecule has 7 nitrogen and oxygen atoms in total. The summed E-state index contributed by atoms with van der Waals surface area (Å²) >= 11 is 0. The zero-order valence-electron chi connectivity index (χ0n) is 11.9. The average molecular weight is 280 g/mol. The smallest absolute Gasteiger partial charge is 0.339 e. The highest BCUT2D eigenvalue weighted by molar-refractivity contribution is 5.88. The van der Waals surface area contributed by atoms with E-state index in [0.717, 1.165) is 0 Å². The van der Waals surface area contributed by atoms with Gasteiger partial charge in [-0.1, -0.05) is 13.8 Å². The van der Waals surface area contributed by atoms with Crippen molar-refractivity contribution in [2.45, 2.75) is 33.4 Å². The first-order chi connectivity index (χ1) is 9.41. The lowest BCUT2D eigenvalue weighted by atomic mass is 10.2. The van der Waals surface area contributed by atoms with Crippen LogP contribution in [0.15, 0.2) is 12.5 Å². The van der Waals surface area contributed by atoms with E-state index in [1.807, 2.05) is 13.8 Å². The molecule has 0 aliphatic carbocycles. The van der Waals surface area contributed by atoms with E-state index >= 15 is 0 Å². The maximum Gasteiger partial charge on any atom is 0.339 e. The molecule has 0 saturated heterocycles. The van der Waals surface area contributed by atoms with E-state index in [1.54, 1.807) is 6.92 Å². The van der Waals surface area contributed by atoms with E-state index in [0.29, 0.717) is 18.2 Å². The van der Waals surface area contributed by atoms with Gasteiger partial charge in [0.05, 0.1) is 11.7 Å². The Morgan fingerprint density at radius 3 is 2.65 bits per heavy atom. The zero-order valence-corrected chi connectivity index (χ0v) is 11.9. The van der Waals surface area contributed by atoms with Crippen LogP contribution in [0.25, 0.3) is 0 Å². The van der Waals surface area contributed by atoms with Crippen LogP contribution in [0.4, 0.5) is 0 Å². The molecular formula is C13H20N4O3. The Hall–Kier alpha value is -2.02. The molecule has 1 aromatic rings. The number of amides is 1. The molecule has 1 aromatic heterocycles. The van der Waals surface area contributed by atoms with Gasteiger partial charge in [-0.25, -0.2) is 14.8 Å². The van der Waals surface area contributed by atoms with Gasteiger partial charge in [0.15, 0.2) is 0 Å². The van der Waals surface area contributed by atoms with E-state index in [-0.39, 0.29) is 18.0 Å². The monoisotopic (exact) mass is 280 g/mol. The summed E-state index contributed by atoms with van der Waals surface area (Å²) in [6, 6.07) is -0.426. The lowest BCUT2D eigenvalue weighted by Gasteiger charge is -2.15. The number of aromatic carboxylic acids is 1. The molecular weight excluding hydrogens is 260 g/mol. The predicted molar refractivity (Wildman–Crippen MR) is 73.1 cm³/mol. The van der Waals surface area contributed by atoms with Gasteiger partial charge in [-0.05, 0) is 12.8 Å². The van der Waals surface area contributed by atoms with E-state index < -0.39 is 12.0 Å². The Morgan fingerprint density at radius 2 is 2.05 bits per heavy atom. The van der Waals surface area contributed by atoms with Crippen LogP contribution in [0.2, 0.25) is 0 Å².